The Labute approximate surface area is 120 Å². The average Bonchev–Trinajstić information content (AvgIpc) is 2.88. The Hall–Kier alpha value is -1.39. The number of carbonyl (C=O) groups excluding carboxylic acids is 1. The first-order valence-electron chi connectivity index (χ1n) is 7.36. The number of rotatable bonds is 5. The van der Waals surface area contributed by atoms with Crippen LogP contribution in [0.3, 0.4) is 0 Å². The van der Waals surface area contributed by atoms with Gasteiger partial charge in [-0.15, -0.1) is 0 Å². The fourth-order valence-corrected chi connectivity index (χ4v) is 2.74. The van der Waals surface area contributed by atoms with E-state index in [-0.39, 0.29) is 18.1 Å². The van der Waals surface area contributed by atoms with Gasteiger partial charge in [0.1, 0.15) is 0 Å². The highest BCUT2D eigenvalue weighted by Crippen LogP contribution is 2.20. The lowest BCUT2D eigenvalue weighted by atomic mass is 9.99. The van der Waals surface area contributed by atoms with Gasteiger partial charge in [-0.05, 0) is 30.9 Å². The third kappa shape index (κ3) is 3.58. The monoisotopic (exact) mass is 276 g/mol. The average molecular weight is 276 g/mol. The number of benzene rings is 1. The van der Waals surface area contributed by atoms with Gasteiger partial charge >= 0.3 is 0 Å². The van der Waals surface area contributed by atoms with Crippen molar-refractivity contribution in [2.75, 3.05) is 19.6 Å². The molecule has 20 heavy (non-hydrogen) atoms. The minimum atomic E-state index is -0.350. The number of amides is 1. The zero-order valence-corrected chi connectivity index (χ0v) is 12.3. The molecule has 0 saturated carbocycles. The van der Waals surface area contributed by atoms with Crippen LogP contribution in [0.15, 0.2) is 24.3 Å². The van der Waals surface area contributed by atoms with E-state index >= 15 is 0 Å². The van der Waals surface area contributed by atoms with Gasteiger partial charge < -0.3 is 15.3 Å². The maximum absolute atomic E-state index is 12.1. The molecule has 0 spiro atoms. The van der Waals surface area contributed by atoms with Crippen molar-refractivity contribution >= 4 is 5.91 Å². The molecule has 1 saturated heterocycles. The predicted octanol–water partition coefficient (Wildman–Crippen LogP) is 1.63. The fourth-order valence-electron chi connectivity index (χ4n) is 2.74. The van der Waals surface area contributed by atoms with Crippen molar-refractivity contribution in [3.05, 3.63) is 35.4 Å². The highest BCUT2D eigenvalue weighted by atomic mass is 16.3. The van der Waals surface area contributed by atoms with Crippen molar-refractivity contribution in [3.63, 3.8) is 0 Å². The van der Waals surface area contributed by atoms with Crippen LogP contribution in [0.2, 0.25) is 0 Å². The summed E-state index contributed by atoms with van der Waals surface area (Å²) in [4.78, 5) is 13.8. The number of aliphatic hydroxyl groups excluding tert-OH is 1. The first kappa shape index (κ1) is 15.0. The Morgan fingerprint density at radius 3 is 2.85 bits per heavy atom. The second-order valence-corrected chi connectivity index (χ2v) is 5.48. The first-order valence-corrected chi connectivity index (χ1v) is 7.36. The van der Waals surface area contributed by atoms with Gasteiger partial charge in [-0.2, -0.15) is 0 Å². The van der Waals surface area contributed by atoms with Crippen molar-refractivity contribution < 1.29 is 9.90 Å². The van der Waals surface area contributed by atoms with E-state index in [1.54, 1.807) is 4.90 Å². The number of aliphatic hydroxyl groups is 1. The van der Waals surface area contributed by atoms with Gasteiger partial charge in [0.25, 0.3) is 0 Å². The summed E-state index contributed by atoms with van der Waals surface area (Å²) in [5, 5.41) is 12.8. The van der Waals surface area contributed by atoms with Crippen molar-refractivity contribution in [2.45, 2.75) is 38.8 Å². The van der Waals surface area contributed by atoms with Crippen LogP contribution >= 0.6 is 0 Å². The van der Waals surface area contributed by atoms with E-state index in [0.717, 1.165) is 6.42 Å². The van der Waals surface area contributed by atoms with E-state index in [1.807, 2.05) is 12.1 Å². The Morgan fingerprint density at radius 2 is 2.25 bits per heavy atom. The molecule has 1 aliphatic rings. The predicted molar refractivity (Wildman–Crippen MR) is 79.4 cm³/mol. The van der Waals surface area contributed by atoms with Crippen LogP contribution in [0.5, 0.6) is 0 Å². The van der Waals surface area contributed by atoms with E-state index in [0.29, 0.717) is 26.1 Å². The molecule has 0 aliphatic carbocycles. The van der Waals surface area contributed by atoms with Gasteiger partial charge in [-0.25, -0.2) is 0 Å². The molecule has 0 bridgehead atoms. The summed E-state index contributed by atoms with van der Waals surface area (Å²) in [6.07, 6.45) is 1.29. The molecule has 2 N–H and O–H groups in total. The maximum Gasteiger partial charge on any atom is 0.236 e. The summed E-state index contributed by atoms with van der Waals surface area (Å²) >= 11 is 0. The van der Waals surface area contributed by atoms with Gasteiger partial charge in [-0.3, -0.25) is 4.79 Å². The zero-order valence-electron chi connectivity index (χ0n) is 12.3. The molecule has 1 amide bonds. The van der Waals surface area contributed by atoms with Crippen LogP contribution in [-0.2, 0) is 4.79 Å². The Balaban J connectivity index is 1.91. The highest BCUT2D eigenvalue weighted by Gasteiger charge is 2.24. The van der Waals surface area contributed by atoms with Gasteiger partial charge in [0.05, 0.1) is 12.6 Å². The molecule has 1 heterocycles. The van der Waals surface area contributed by atoms with Crippen molar-refractivity contribution in [3.8, 4) is 0 Å². The van der Waals surface area contributed by atoms with Crippen LogP contribution in [0.1, 0.15) is 36.9 Å². The quantitative estimate of drug-likeness (QED) is 0.859. The highest BCUT2D eigenvalue weighted by molar-refractivity contribution is 5.78. The molecular formula is C16H24N2O2. The normalized spacial score (nSPS) is 20.1. The number of nitrogens with one attached hydrogen (secondary N) is 1. The Bertz CT molecular complexity index is 462. The first-order chi connectivity index (χ1) is 9.61. The molecule has 0 aromatic heterocycles. The van der Waals surface area contributed by atoms with Gasteiger partial charge in [0, 0.05) is 19.1 Å². The summed E-state index contributed by atoms with van der Waals surface area (Å²) in [5.41, 5.74) is 2.50. The number of nitrogens with zero attached hydrogens (tertiary/aromatic N) is 1. The second kappa shape index (κ2) is 6.86. The smallest absolute Gasteiger partial charge is 0.236 e. The molecule has 1 aliphatic heterocycles. The number of likely N-dealkylation sites (tertiary alicyclic amines) is 1. The molecule has 1 aromatic rings. The molecule has 110 valence electrons. The van der Waals surface area contributed by atoms with Crippen LogP contribution < -0.4 is 5.32 Å². The lowest BCUT2D eigenvalue weighted by Gasteiger charge is -2.21. The van der Waals surface area contributed by atoms with Crippen LogP contribution in [-0.4, -0.2) is 41.7 Å². The zero-order chi connectivity index (χ0) is 14.5. The molecule has 1 fully saturated rings. The van der Waals surface area contributed by atoms with Crippen LogP contribution in [0.25, 0.3) is 0 Å². The molecule has 0 radical (unpaired) electrons. The van der Waals surface area contributed by atoms with Gasteiger partial charge in [-0.1, -0.05) is 31.2 Å². The second-order valence-electron chi connectivity index (χ2n) is 5.48. The van der Waals surface area contributed by atoms with E-state index < -0.39 is 0 Å². The third-order valence-corrected chi connectivity index (χ3v) is 3.99. The SMILES string of the molecule is CCC(NCC(=O)N1CCC(O)C1)c1ccccc1C. The summed E-state index contributed by atoms with van der Waals surface area (Å²) in [7, 11) is 0. The van der Waals surface area contributed by atoms with Crippen molar-refractivity contribution in [1.82, 2.24) is 10.2 Å². The van der Waals surface area contributed by atoms with Crippen LogP contribution in [0.4, 0.5) is 0 Å². The largest absolute Gasteiger partial charge is 0.391 e. The number of carbonyl (C=O) groups is 1. The van der Waals surface area contributed by atoms with Gasteiger partial charge in [0.2, 0.25) is 5.91 Å². The van der Waals surface area contributed by atoms with Gasteiger partial charge in [0.15, 0.2) is 0 Å². The number of hydrogen-bond acceptors (Lipinski definition) is 3. The van der Waals surface area contributed by atoms with Crippen LogP contribution in [0, 0.1) is 6.92 Å². The van der Waals surface area contributed by atoms with E-state index in [4.69, 9.17) is 0 Å². The molecule has 2 unspecified atom stereocenters. The molecular weight excluding hydrogens is 252 g/mol. The lowest BCUT2D eigenvalue weighted by Crippen LogP contribution is -2.38. The summed E-state index contributed by atoms with van der Waals surface area (Å²) in [6, 6.07) is 8.47. The molecule has 2 atom stereocenters. The number of hydrogen-bond donors (Lipinski definition) is 2. The minimum Gasteiger partial charge on any atom is -0.391 e. The molecule has 4 heteroatoms. The van der Waals surface area contributed by atoms with Crippen molar-refractivity contribution in [1.29, 1.82) is 0 Å². The Kier molecular flexibility index (Phi) is 5.15. The topological polar surface area (TPSA) is 52.6 Å². The summed E-state index contributed by atoms with van der Waals surface area (Å²) in [6.45, 7) is 5.69. The summed E-state index contributed by atoms with van der Waals surface area (Å²) in [5.74, 6) is 0.0774. The van der Waals surface area contributed by atoms with Crippen molar-refractivity contribution in [2.24, 2.45) is 0 Å². The minimum absolute atomic E-state index is 0.0774. The lowest BCUT2D eigenvalue weighted by molar-refractivity contribution is -0.129. The fraction of sp³-hybridized carbons (Fsp3) is 0.562. The Morgan fingerprint density at radius 1 is 1.50 bits per heavy atom. The summed E-state index contributed by atoms with van der Waals surface area (Å²) < 4.78 is 0. The maximum atomic E-state index is 12.1. The van der Waals surface area contributed by atoms with E-state index in [2.05, 4.69) is 31.3 Å². The number of aryl methyl sites for hydroxylation is 1. The molecule has 1 aromatic carbocycles. The van der Waals surface area contributed by atoms with E-state index in [9.17, 15) is 9.90 Å². The van der Waals surface area contributed by atoms with E-state index in [1.165, 1.54) is 11.1 Å². The molecule has 2 rings (SSSR count). The standard InChI is InChI=1S/C16H24N2O2/c1-3-15(14-7-5-4-6-12(14)2)17-10-16(20)18-9-8-13(19)11-18/h4-7,13,15,17,19H,3,8-11H2,1-2H3. The molecule has 4 nitrogen and oxygen atoms in total. The third-order valence-electron chi connectivity index (χ3n) is 3.99. The number of β-amino-alcohol motifs (C(OH)–C–C–N with tert-alkyl or cyclic N) is 1.